The molecule has 17 heavy (non-hydrogen) atoms. The van der Waals surface area contributed by atoms with Crippen LogP contribution in [0.25, 0.3) is 0 Å². The average Bonchev–Trinajstić information content (AvgIpc) is 2.63. The van der Waals surface area contributed by atoms with E-state index in [1.807, 2.05) is 11.3 Å². The Bertz CT molecular complexity index is 360. The Balaban J connectivity index is 2.42. The van der Waals surface area contributed by atoms with Crippen molar-refractivity contribution in [3.8, 4) is 0 Å². The highest BCUT2D eigenvalue weighted by molar-refractivity contribution is 14.1. The zero-order valence-corrected chi connectivity index (χ0v) is 13.6. The molecule has 0 aliphatic heterocycles. The number of hydrogen-bond acceptors (Lipinski definition) is 2. The molecule has 1 rings (SSSR count). The van der Waals surface area contributed by atoms with Crippen molar-refractivity contribution < 1.29 is 0 Å². The van der Waals surface area contributed by atoms with E-state index < -0.39 is 0 Å². The summed E-state index contributed by atoms with van der Waals surface area (Å²) in [5.74, 6) is 0.911. The first kappa shape index (κ1) is 14.8. The van der Waals surface area contributed by atoms with E-state index in [1.165, 1.54) is 7.76 Å². The van der Waals surface area contributed by atoms with Gasteiger partial charge in [0.15, 0.2) is 5.96 Å². The van der Waals surface area contributed by atoms with Crippen LogP contribution in [0.5, 0.6) is 0 Å². The fraction of sp³-hybridized carbons (Fsp3) is 0.583. The summed E-state index contributed by atoms with van der Waals surface area (Å²) >= 11 is 4.20. The number of guanidine groups is 1. The van der Waals surface area contributed by atoms with Gasteiger partial charge in [-0.2, -0.15) is 0 Å². The first-order chi connectivity index (χ1) is 8.11. The minimum Gasteiger partial charge on any atom is -0.357 e. The van der Waals surface area contributed by atoms with Gasteiger partial charge >= 0.3 is 0 Å². The summed E-state index contributed by atoms with van der Waals surface area (Å²) in [5.41, 5.74) is 0. The first-order valence-corrected chi connectivity index (χ1v) is 7.80. The van der Waals surface area contributed by atoms with Crippen molar-refractivity contribution in [1.82, 2.24) is 10.6 Å². The van der Waals surface area contributed by atoms with Gasteiger partial charge in [-0.25, -0.2) is 0 Å². The summed E-state index contributed by atoms with van der Waals surface area (Å²) in [4.78, 5) is 5.96. The Morgan fingerprint density at radius 1 is 1.47 bits per heavy atom. The number of halogens is 1. The number of nitrogens with zero attached hydrogens (tertiary/aromatic N) is 1. The van der Waals surface area contributed by atoms with Gasteiger partial charge in [-0.15, -0.1) is 11.3 Å². The largest absolute Gasteiger partial charge is 0.357 e. The summed E-state index contributed by atoms with van der Waals surface area (Å²) in [6.45, 7) is 8.05. The molecule has 0 atom stereocenters. The van der Waals surface area contributed by atoms with Crippen LogP contribution in [0, 0.1) is 2.88 Å². The molecule has 0 radical (unpaired) electrons. The Hall–Kier alpha value is -0.300. The van der Waals surface area contributed by atoms with Crippen molar-refractivity contribution in [2.75, 3.05) is 13.1 Å². The third-order valence-corrected chi connectivity index (χ3v) is 3.98. The standard InChI is InChI=1S/C12H20IN3S/c1-4-14-12(16-9(2)3)15-8-7-10-5-6-11(13)17-10/h5-6,9H,4,7-8H2,1-3H3,(H2,14,15,16). The lowest BCUT2D eigenvalue weighted by molar-refractivity contribution is 0.700. The van der Waals surface area contributed by atoms with Gasteiger partial charge in [0, 0.05) is 30.4 Å². The summed E-state index contributed by atoms with van der Waals surface area (Å²) < 4.78 is 1.34. The second kappa shape index (κ2) is 7.92. The zero-order valence-electron chi connectivity index (χ0n) is 10.6. The van der Waals surface area contributed by atoms with Gasteiger partial charge in [0.2, 0.25) is 0 Å². The normalized spacial score (nSPS) is 11.9. The molecule has 0 saturated heterocycles. The van der Waals surface area contributed by atoms with E-state index in [-0.39, 0.29) is 0 Å². The summed E-state index contributed by atoms with van der Waals surface area (Å²) in [5, 5.41) is 6.56. The summed E-state index contributed by atoms with van der Waals surface area (Å²) in [6, 6.07) is 4.75. The van der Waals surface area contributed by atoms with Crippen molar-refractivity contribution >= 4 is 39.9 Å². The van der Waals surface area contributed by atoms with Crippen LogP contribution in [0.4, 0.5) is 0 Å². The predicted octanol–water partition coefficient (Wildman–Crippen LogP) is 2.86. The zero-order chi connectivity index (χ0) is 12.7. The van der Waals surface area contributed by atoms with Crippen LogP contribution in [0.3, 0.4) is 0 Å². The molecule has 0 fully saturated rings. The van der Waals surface area contributed by atoms with Crippen LogP contribution in [-0.4, -0.2) is 25.1 Å². The van der Waals surface area contributed by atoms with Gasteiger partial charge < -0.3 is 10.6 Å². The van der Waals surface area contributed by atoms with E-state index in [1.54, 1.807) is 0 Å². The van der Waals surface area contributed by atoms with Crippen LogP contribution in [-0.2, 0) is 6.42 Å². The number of hydrogen-bond donors (Lipinski definition) is 2. The molecule has 1 aromatic heterocycles. The van der Waals surface area contributed by atoms with Gasteiger partial charge in [0.05, 0.1) is 2.88 Å². The number of aliphatic imine (C=N–C) groups is 1. The molecule has 0 spiro atoms. The lowest BCUT2D eigenvalue weighted by Crippen LogP contribution is -2.41. The quantitative estimate of drug-likeness (QED) is 0.478. The Kier molecular flexibility index (Phi) is 6.87. The predicted molar refractivity (Wildman–Crippen MR) is 85.0 cm³/mol. The Morgan fingerprint density at radius 2 is 2.24 bits per heavy atom. The highest BCUT2D eigenvalue weighted by atomic mass is 127. The third-order valence-electron chi connectivity index (χ3n) is 2.03. The summed E-state index contributed by atoms with van der Waals surface area (Å²) in [6.07, 6.45) is 1.02. The monoisotopic (exact) mass is 365 g/mol. The third kappa shape index (κ3) is 6.26. The van der Waals surface area contributed by atoms with Gasteiger partial charge in [-0.1, -0.05) is 0 Å². The van der Waals surface area contributed by atoms with Crippen molar-refractivity contribution in [1.29, 1.82) is 0 Å². The number of thiophene rings is 1. The van der Waals surface area contributed by atoms with Crippen molar-refractivity contribution in [3.05, 3.63) is 19.9 Å². The topological polar surface area (TPSA) is 36.4 Å². The molecule has 5 heteroatoms. The molecular formula is C12H20IN3S. The maximum absolute atomic E-state index is 4.56. The van der Waals surface area contributed by atoms with Crippen molar-refractivity contribution in [3.63, 3.8) is 0 Å². The van der Waals surface area contributed by atoms with Crippen LogP contribution in [0.15, 0.2) is 17.1 Å². The van der Waals surface area contributed by atoms with E-state index in [0.717, 1.165) is 25.5 Å². The maximum atomic E-state index is 4.56. The highest BCUT2D eigenvalue weighted by Gasteiger charge is 2.00. The molecule has 1 aromatic rings. The lowest BCUT2D eigenvalue weighted by Gasteiger charge is -2.13. The molecule has 0 bridgehead atoms. The van der Waals surface area contributed by atoms with E-state index in [0.29, 0.717) is 6.04 Å². The van der Waals surface area contributed by atoms with E-state index in [2.05, 4.69) is 71.1 Å². The molecule has 1 heterocycles. The molecule has 0 aromatic carbocycles. The van der Waals surface area contributed by atoms with E-state index >= 15 is 0 Å². The number of nitrogens with one attached hydrogen (secondary N) is 2. The molecule has 0 aliphatic carbocycles. The molecular weight excluding hydrogens is 345 g/mol. The summed E-state index contributed by atoms with van der Waals surface area (Å²) in [7, 11) is 0. The molecule has 96 valence electrons. The molecule has 3 nitrogen and oxygen atoms in total. The maximum Gasteiger partial charge on any atom is 0.191 e. The second-order valence-electron chi connectivity index (χ2n) is 4.02. The van der Waals surface area contributed by atoms with Crippen LogP contribution >= 0.6 is 33.9 Å². The highest BCUT2D eigenvalue weighted by Crippen LogP contribution is 2.18. The smallest absolute Gasteiger partial charge is 0.191 e. The minimum absolute atomic E-state index is 0.412. The van der Waals surface area contributed by atoms with Gasteiger partial charge in [-0.3, -0.25) is 4.99 Å². The SMILES string of the molecule is CCNC(=NCCc1ccc(I)s1)NC(C)C. The lowest BCUT2D eigenvalue weighted by atomic mass is 10.3. The van der Waals surface area contributed by atoms with Gasteiger partial charge in [-0.05, 0) is 55.5 Å². The molecule has 2 N–H and O–H groups in total. The molecule has 0 amide bonds. The van der Waals surface area contributed by atoms with Crippen molar-refractivity contribution in [2.24, 2.45) is 4.99 Å². The Labute approximate surface area is 121 Å². The fourth-order valence-electron chi connectivity index (χ4n) is 1.36. The Morgan fingerprint density at radius 3 is 2.76 bits per heavy atom. The number of rotatable bonds is 5. The van der Waals surface area contributed by atoms with Gasteiger partial charge in [0.1, 0.15) is 0 Å². The molecule has 0 saturated carbocycles. The van der Waals surface area contributed by atoms with Crippen LogP contribution < -0.4 is 10.6 Å². The first-order valence-electron chi connectivity index (χ1n) is 5.91. The molecule has 0 aliphatic rings. The van der Waals surface area contributed by atoms with E-state index in [4.69, 9.17) is 0 Å². The fourth-order valence-corrected chi connectivity index (χ4v) is 3.10. The van der Waals surface area contributed by atoms with Crippen LogP contribution in [0.2, 0.25) is 0 Å². The van der Waals surface area contributed by atoms with Crippen molar-refractivity contribution in [2.45, 2.75) is 33.2 Å². The van der Waals surface area contributed by atoms with Gasteiger partial charge in [0.25, 0.3) is 0 Å². The molecule has 0 unspecified atom stereocenters. The average molecular weight is 365 g/mol. The van der Waals surface area contributed by atoms with E-state index in [9.17, 15) is 0 Å². The van der Waals surface area contributed by atoms with Crippen LogP contribution in [0.1, 0.15) is 25.6 Å². The minimum atomic E-state index is 0.412. The second-order valence-corrected chi connectivity index (χ2v) is 7.08.